The van der Waals surface area contributed by atoms with Gasteiger partial charge >= 0.3 is 0 Å². The average molecular weight is 344 g/mol. The van der Waals surface area contributed by atoms with E-state index < -0.39 is 0 Å². The number of amides is 1. The highest BCUT2D eigenvalue weighted by molar-refractivity contribution is 5.98. The van der Waals surface area contributed by atoms with Crippen LogP contribution in [0.5, 0.6) is 0 Å². The fourth-order valence-corrected chi connectivity index (χ4v) is 4.64. The lowest BCUT2D eigenvalue weighted by molar-refractivity contribution is -0.117. The summed E-state index contributed by atoms with van der Waals surface area (Å²) in [5.41, 5.74) is 6.43. The Morgan fingerprint density at radius 2 is 1.96 bits per heavy atom. The Hall–Kier alpha value is -1.69. The van der Waals surface area contributed by atoms with Gasteiger partial charge in [0.05, 0.1) is 18.8 Å². The average Bonchev–Trinajstić information content (AvgIpc) is 3.16. The summed E-state index contributed by atoms with van der Waals surface area (Å²) < 4.78 is 6.08. The summed E-state index contributed by atoms with van der Waals surface area (Å²) in [6.07, 6.45) is 12.1. The number of hydrogen-bond acceptors (Lipinski definition) is 5. The number of nitrogen functional groups attached to an aromatic ring is 1. The first-order chi connectivity index (χ1) is 12.2. The lowest BCUT2D eigenvalue weighted by atomic mass is 9.83. The molecule has 4 rings (SSSR count). The van der Waals surface area contributed by atoms with Crippen molar-refractivity contribution in [1.29, 1.82) is 0 Å². The van der Waals surface area contributed by atoms with E-state index in [1.54, 1.807) is 6.20 Å². The number of nitrogens with zero attached hydrogens (tertiary/aromatic N) is 3. The second kappa shape index (κ2) is 6.90. The van der Waals surface area contributed by atoms with Crippen LogP contribution in [0.15, 0.2) is 6.20 Å². The third-order valence-corrected chi connectivity index (χ3v) is 6.09. The summed E-state index contributed by atoms with van der Waals surface area (Å²) >= 11 is 0. The normalized spacial score (nSPS) is 23.9. The molecule has 1 aliphatic heterocycles. The summed E-state index contributed by atoms with van der Waals surface area (Å²) in [6, 6.07) is 0. The fraction of sp³-hybridized carbons (Fsp3) is 0.737. The first-order valence-corrected chi connectivity index (χ1v) is 9.73. The zero-order chi connectivity index (χ0) is 17.3. The van der Waals surface area contributed by atoms with E-state index in [1.165, 1.54) is 32.1 Å². The molecule has 1 saturated heterocycles. The minimum atomic E-state index is -0.147. The summed E-state index contributed by atoms with van der Waals surface area (Å²) in [5, 5.41) is 0. The molecule has 0 bridgehead atoms. The predicted molar refractivity (Wildman–Crippen MR) is 95.3 cm³/mol. The first-order valence-electron chi connectivity index (χ1n) is 9.73. The SMILES string of the molecule is Nc1nc(C2CCCC2)ncc1C(=O)N1CCOC2(CCCCC2)C1. The molecule has 0 atom stereocenters. The second-order valence-corrected chi connectivity index (χ2v) is 7.83. The summed E-state index contributed by atoms with van der Waals surface area (Å²) in [6.45, 7) is 1.88. The minimum Gasteiger partial charge on any atom is -0.383 e. The molecule has 2 N–H and O–H groups in total. The third-order valence-electron chi connectivity index (χ3n) is 6.09. The number of carbonyl (C=O) groups excluding carboxylic acids is 1. The van der Waals surface area contributed by atoms with Gasteiger partial charge in [-0.15, -0.1) is 0 Å². The molecule has 3 aliphatic rings. The van der Waals surface area contributed by atoms with Crippen molar-refractivity contribution in [3.05, 3.63) is 17.6 Å². The Bertz CT molecular complexity index is 631. The summed E-state index contributed by atoms with van der Waals surface area (Å²) in [5.74, 6) is 1.48. The van der Waals surface area contributed by atoms with E-state index in [1.807, 2.05) is 4.90 Å². The van der Waals surface area contributed by atoms with Crippen LogP contribution >= 0.6 is 0 Å². The summed E-state index contributed by atoms with van der Waals surface area (Å²) in [7, 11) is 0. The molecule has 2 aliphatic carbocycles. The number of carbonyl (C=O) groups is 1. The molecule has 1 amide bonds. The van der Waals surface area contributed by atoms with Crippen LogP contribution in [0.25, 0.3) is 0 Å². The topological polar surface area (TPSA) is 81.3 Å². The van der Waals surface area contributed by atoms with Gasteiger partial charge in [-0.2, -0.15) is 0 Å². The second-order valence-electron chi connectivity index (χ2n) is 7.83. The van der Waals surface area contributed by atoms with Crippen molar-refractivity contribution in [3.63, 3.8) is 0 Å². The number of morpholine rings is 1. The minimum absolute atomic E-state index is 0.0521. The molecular formula is C19H28N4O2. The molecule has 2 heterocycles. The van der Waals surface area contributed by atoms with Crippen LogP contribution in [0.1, 0.15) is 79.9 Å². The van der Waals surface area contributed by atoms with E-state index in [4.69, 9.17) is 10.5 Å². The van der Waals surface area contributed by atoms with E-state index in [9.17, 15) is 4.79 Å². The molecule has 136 valence electrons. The third kappa shape index (κ3) is 3.36. The van der Waals surface area contributed by atoms with Crippen molar-refractivity contribution >= 4 is 11.7 Å². The van der Waals surface area contributed by atoms with Crippen LogP contribution in [0.4, 0.5) is 5.82 Å². The van der Waals surface area contributed by atoms with Crippen LogP contribution in [0, 0.1) is 0 Å². The molecule has 1 aromatic heterocycles. The van der Waals surface area contributed by atoms with Crippen molar-refractivity contribution in [1.82, 2.24) is 14.9 Å². The van der Waals surface area contributed by atoms with Gasteiger partial charge in [-0.1, -0.05) is 32.1 Å². The van der Waals surface area contributed by atoms with Gasteiger partial charge in [0, 0.05) is 18.7 Å². The standard InChI is InChI=1S/C19H28N4O2/c20-16-15(12-21-17(22-16)14-6-2-3-7-14)18(24)23-10-11-25-19(13-23)8-4-1-5-9-19/h12,14H,1-11,13H2,(H2,20,21,22). The van der Waals surface area contributed by atoms with Crippen LogP contribution < -0.4 is 5.73 Å². The largest absolute Gasteiger partial charge is 0.383 e. The smallest absolute Gasteiger partial charge is 0.259 e. The van der Waals surface area contributed by atoms with Gasteiger partial charge in [-0.25, -0.2) is 9.97 Å². The number of anilines is 1. The number of aromatic nitrogens is 2. The number of ether oxygens (including phenoxy) is 1. The quantitative estimate of drug-likeness (QED) is 0.892. The lowest BCUT2D eigenvalue weighted by Gasteiger charge is -2.45. The van der Waals surface area contributed by atoms with E-state index in [0.29, 0.717) is 37.0 Å². The number of hydrogen-bond donors (Lipinski definition) is 1. The summed E-state index contributed by atoms with van der Waals surface area (Å²) in [4.78, 5) is 23.8. The Labute approximate surface area is 149 Å². The predicted octanol–water partition coefficient (Wildman–Crippen LogP) is 2.89. The molecule has 0 unspecified atom stereocenters. The highest BCUT2D eigenvalue weighted by Gasteiger charge is 2.39. The molecule has 1 aromatic rings. The first kappa shape index (κ1) is 16.8. The van der Waals surface area contributed by atoms with E-state index in [0.717, 1.165) is 31.5 Å². The number of nitrogens with two attached hydrogens (primary N) is 1. The van der Waals surface area contributed by atoms with Crippen molar-refractivity contribution in [2.75, 3.05) is 25.4 Å². The van der Waals surface area contributed by atoms with Crippen LogP contribution in [-0.4, -0.2) is 46.1 Å². The van der Waals surface area contributed by atoms with Gasteiger partial charge in [0.2, 0.25) is 0 Å². The maximum Gasteiger partial charge on any atom is 0.259 e. The molecule has 0 radical (unpaired) electrons. The van der Waals surface area contributed by atoms with Gasteiger partial charge in [-0.3, -0.25) is 4.79 Å². The Kier molecular flexibility index (Phi) is 4.63. The monoisotopic (exact) mass is 344 g/mol. The van der Waals surface area contributed by atoms with E-state index >= 15 is 0 Å². The van der Waals surface area contributed by atoms with E-state index in [2.05, 4.69) is 9.97 Å². The highest BCUT2D eigenvalue weighted by Crippen LogP contribution is 2.35. The molecule has 0 aromatic carbocycles. The molecule has 1 spiro atoms. The van der Waals surface area contributed by atoms with Crippen LogP contribution in [-0.2, 0) is 4.74 Å². The van der Waals surface area contributed by atoms with Gasteiger partial charge in [0.1, 0.15) is 17.2 Å². The van der Waals surface area contributed by atoms with Crippen LogP contribution in [0.2, 0.25) is 0 Å². The van der Waals surface area contributed by atoms with Crippen LogP contribution in [0.3, 0.4) is 0 Å². The molecule has 6 heteroatoms. The Morgan fingerprint density at radius 1 is 1.20 bits per heavy atom. The zero-order valence-electron chi connectivity index (χ0n) is 14.9. The van der Waals surface area contributed by atoms with Gasteiger partial charge in [0.15, 0.2) is 0 Å². The van der Waals surface area contributed by atoms with Crippen molar-refractivity contribution < 1.29 is 9.53 Å². The maximum absolute atomic E-state index is 13.0. The lowest BCUT2D eigenvalue weighted by Crippen LogP contribution is -2.54. The van der Waals surface area contributed by atoms with Crippen molar-refractivity contribution in [2.45, 2.75) is 69.3 Å². The maximum atomic E-state index is 13.0. The van der Waals surface area contributed by atoms with Crippen molar-refractivity contribution in [2.24, 2.45) is 0 Å². The molecule has 3 fully saturated rings. The molecular weight excluding hydrogens is 316 g/mol. The highest BCUT2D eigenvalue weighted by atomic mass is 16.5. The van der Waals surface area contributed by atoms with Crippen molar-refractivity contribution in [3.8, 4) is 0 Å². The Morgan fingerprint density at radius 3 is 2.68 bits per heavy atom. The van der Waals surface area contributed by atoms with Gasteiger partial charge < -0.3 is 15.4 Å². The van der Waals surface area contributed by atoms with E-state index in [-0.39, 0.29) is 11.5 Å². The molecule has 25 heavy (non-hydrogen) atoms. The number of rotatable bonds is 2. The zero-order valence-corrected chi connectivity index (χ0v) is 14.9. The van der Waals surface area contributed by atoms with Gasteiger partial charge in [-0.05, 0) is 25.7 Å². The van der Waals surface area contributed by atoms with Gasteiger partial charge in [0.25, 0.3) is 5.91 Å². The molecule has 2 saturated carbocycles. The fourth-order valence-electron chi connectivity index (χ4n) is 4.64. The molecule has 6 nitrogen and oxygen atoms in total. The Balaban J connectivity index is 1.50.